The van der Waals surface area contributed by atoms with E-state index < -0.39 is 33.5 Å². The van der Waals surface area contributed by atoms with Crippen LogP contribution in [-0.4, -0.2) is 43.7 Å². The molecule has 7 nitrogen and oxygen atoms in total. The molecular formula is C24H29F2N3O4S. The van der Waals surface area contributed by atoms with Crippen molar-refractivity contribution in [1.29, 1.82) is 0 Å². The maximum atomic E-state index is 13.7. The second-order valence-electron chi connectivity index (χ2n) is 8.62. The normalized spacial score (nSPS) is 16.8. The molecule has 1 aliphatic heterocycles. The van der Waals surface area contributed by atoms with Crippen molar-refractivity contribution in [2.24, 2.45) is 0 Å². The van der Waals surface area contributed by atoms with Gasteiger partial charge in [-0.1, -0.05) is 24.1 Å². The van der Waals surface area contributed by atoms with Gasteiger partial charge in [-0.2, -0.15) is 4.31 Å². The van der Waals surface area contributed by atoms with Crippen LogP contribution in [0, 0.1) is 32.4 Å². The largest absolute Gasteiger partial charge is 0.348 e. The van der Waals surface area contributed by atoms with Gasteiger partial charge in [0.15, 0.2) is 0 Å². The molecule has 2 N–H and O–H groups in total. The first-order valence-electron chi connectivity index (χ1n) is 11.1. The van der Waals surface area contributed by atoms with Crippen molar-refractivity contribution in [2.75, 3.05) is 18.4 Å². The standard InChI is InChI=1S/C24H29F2N3O4S/c1-15-12-16(2)22(17(3)13-15)34(32,33)29-11-5-4-6-19(29)9-10-27-23(30)24(31)28-21-8-7-18(25)14-20(21)26/h7-8,12-14,19H,4-6,9-11H2,1-3H3,(H,27,30)(H,28,31)/t19-/m0/s1. The molecule has 1 aliphatic rings. The summed E-state index contributed by atoms with van der Waals surface area (Å²) in [6.07, 6.45) is 2.58. The Balaban J connectivity index is 1.64. The van der Waals surface area contributed by atoms with E-state index in [1.165, 1.54) is 4.31 Å². The first-order chi connectivity index (χ1) is 16.0. The van der Waals surface area contributed by atoms with Crippen LogP contribution in [-0.2, 0) is 19.6 Å². The molecule has 34 heavy (non-hydrogen) atoms. The van der Waals surface area contributed by atoms with Gasteiger partial charge in [-0.3, -0.25) is 9.59 Å². The molecule has 1 heterocycles. The van der Waals surface area contributed by atoms with E-state index in [-0.39, 0.29) is 18.3 Å². The number of hydrogen-bond donors (Lipinski definition) is 2. The molecule has 2 aromatic carbocycles. The Morgan fingerprint density at radius 3 is 2.35 bits per heavy atom. The molecule has 184 valence electrons. The van der Waals surface area contributed by atoms with Gasteiger partial charge in [0.2, 0.25) is 10.0 Å². The number of rotatable bonds is 6. The second-order valence-corrected chi connectivity index (χ2v) is 10.4. The molecule has 0 saturated carbocycles. The number of aryl methyl sites for hydroxylation is 3. The smallest absolute Gasteiger partial charge is 0.313 e. The minimum Gasteiger partial charge on any atom is -0.348 e. The number of carbonyl (C=O) groups excluding carboxylic acids is 2. The van der Waals surface area contributed by atoms with Gasteiger partial charge in [0, 0.05) is 25.2 Å². The van der Waals surface area contributed by atoms with Gasteiger partial charge in [-0.15, -0.1) is 0 Å². The van der Waals surface area contributed by atoms with Crippen molar-refractivity contribution in [3.8, 4) is 0 Å². The molecule has 0 unspecified atom stereocenters. The van der Waals surface area contributed by atoms with Crippen molar-refractivity contribution in [3.63, 3.8) is 0 Å². The summed E-state index contributed by atoms with van der Waals surface area (Å²) in [5.41, 5.74) is 2.07. The minimum absolute atomic E-state index is 0.0701. The number of anilines is 1. The number of halogens is 2. The molecule has 0 aromatic heterocycles. The summed E-state index contributed by atoms with van der Waals surface area (Å²) < 4.78 is 55.2. The van der Waals surface area contributed by atoms with Crippen LogP contribution in [0.1, 0.15) is 42.4 Å². The van der Waals surface area contributed by atoms with E-state index in [9.17, 15) is 26.8 Å². The quantitative estimate of drug-likeness (QED) is 0.602. The van der Waals surface area contributed by atoms with Crippen LogP contribution in [0.15, 0.2) is 35.2 Å². The Labute approximate surface area is 198 Å². The number of hydrogen-bond acceptors (Lipinski definition) is 4. The zero-order chi connectivity index (χ0) is 25.0. The summed E-state index contributed by atoms with van der Waals surface area (Å²) in [6.45, 7) is 5.95. The highest BCUT2D eigenvalue weighted by molar-refractivity contribution is 7.89. The molecule has 10 heteroatoms. The minimum atomic E-state index is -3.74. The van der Waals surface area contributed by atoms with Crippen molar-refractivity contribution < 1.29 is 26.8 Å². The Morgan fingerprint density at radius 1 is 1.03 bits per heavy atom. The van der Waals surface area contributed by atoms with Crippen LogP contribution in [0.4, 0.5) is 14.5 Å². The van der Waals surface area contributed by atoms with E-state index in [0.29, 0.717) is 41.5 Å². The molecule has 0 radical (unpaired) electrons. The molecule has 0 aliphatic carbocycles. The van der Waals surface area contributed by atoms with Crippen molar-refractivity contribution in [2.45, 2.75) is 57.4 Å². The molecular weight excluding hydrogens is 464 g/mol. The highest BCUT2D eigenvalue weighted by atomic mass is 32.2. The third kappa shape index (κ3) is 5.79. The van der Waals surface area contributed by atoms with E-state index in [1.54, 1.807) is 13.8 Å². The molecule has 0 bridgehead atoms. The summed E-state index contributed by atoms with van der Waals surface area (Å²) in [7, 11) is -3.74. The number of amides is 2. The lowest BCUT2D eigenvalue weighted by Gasteiger charge is -2.35. The van der Waals surface area contributed by atoms with E-state index in [1.807, 2.05) is 19.1 Å². The monoisotopic (exact) mass is 493 g/mol. The maximum absolute atomic E-state index is 13.7. The lowest BCUT2D eigenvalue weighted by atomic mass is 10.0. The lowest BCUT2D eigenvalue weighted by molar-refractivity contribution is -0.136. The molecule has 2 amide bonds. The van der Waals surface area contributed by atoms with E-state index in [4.69, 9.17) is 0 Å². The van der Waals surface area contributed by atoms with Crippen LogP contribution in [0.5, 0.6) is 0 Å². The van der Waals surface area contributed by atoms with Crippen LogP contribution < -0.4 is 10.6 Å². The van der Waals surface area contributed by atoms with Crippen LogP contribution in [0.3, 0.4) is 0 Å². The van der Waals surface area contributed by atoms with E-state index >= 15 is 0 Å². The molecule has 1 fully saturated rings. The van der Waals surface area contributed by atoms with Gasteiger partial charge in [0.05, 0.1) is 10.6 Å². The summed E-state index contributed by atoms with van der Waals surface area (Å²) in [5, 5.41) is 4.55. The summed E-state index contributed by atoms with van der Waals surface area (Å²) in [5.74, 6) is -3.88. The molecule has 1 saturated heterocycles. The van der Waals surface area contributed by atoms with Gasteiger partial charge < -0.3 is 10.6 Å². The third-order valence-electron chi connectivity index (χ3n) is 5.89. The van der Waals surface area contributed by atoms with Gasteiger partial charge >= 0.3 is 11.8 Å². The number of sulfonamides is 1. The lowest BCUT2D eigenvalue weighted by Crippen LogP contribution is -2.46. The number of nitrogens with zero attached hydrogens (tertiary/aromatic N) is 1. The second kappa shape index (κ2) is 10.6. The van der Waals surface area contributed by atoms with Gasteiger partial charge in [-0.05, 0) is 63.3 Å². The molecule has 2 aromatic rings. The Morgan fingerprint density at radius 2 is 1.71 bits per heavy atom. The fraction of sp³-hybridized carbons (Fsp3) is 0.417. The summed E-state index contributed by atoms with van der Waals surface area (Å²) >= 11 is 0. The topological polar surface area (TPSA) is 95.6 Å². The predicted octanol–water partition coefficient (Wildman–Crippen LogP) is 3.58. The fourth-order valence-electron chi connectivity index (χ4n) is 4.47. The number of nitrogens with one attached hydrogen (secondary N) is 2. The van der Waals surface area contributed by atoms with Crippen molar-refractivity contribution in [1.82, 2.24) is 9.62 Å². The summed E-state index contributed by atoms with van der Waals surface area (Å²) in [4.78, 5) is 24.5. The van der Waals surface area contributed by atoms with E-state index in [2.05, 4.69) is 10.6 Å². The van der Waals surface area contributed by atoms with Crippen molar-refractivity contribution in [3.05, 3.63) is 58.7 Å². The molecule has 0 spiro atoms. The fourth-order valence-corrected chi connectivity index (χ4v) is 6.61. The van der Waals surface area contributed by atoms with Gasteiger partial charge in [0.1, 0.15) is 11.6 Å². The molecule has 1 atom stereocenters. The zero-order valence-electron chi connectivity index (χ0n) is 19.5. The summed E-state index contributed by atoms with van der Waals surface area (Å²) in [6, 6.07) is 5.96. The Bertz CT molecular complexity index is 1180. The Kier molecular flexibility index (Phi) is 8.04. The molecule has 3 rings (SSSR count). The van der Waals surface area contributed by atoms with Gasteiger partial charge in [-0.25, -0.2) is 17.2 Å². The third-order valence-corrected chi connectivity index (χ3v) is 8.15. The highest BCUT2D eigenvalue weighted by Gasteiger charge is 2.35. The SMILES string of the molecule is Cc1cc(C)c(S(=O)(=O)N2CCCC[C@H]2CCNC(=O)C(=O)Nc2ccc(F)cc2F)c(C)c1. The maximum Gasteiger partial charge on any atom is 0.313 e. The average molecular weight is 494 g/mol. The Hall–Kier alpha value is -2.85. The van der Waals surface area contributed by atoms with Crippen LogP contribution >= 0.6 is 0 Å². The first kappa shape index (κ1) is 25.8. The van der Waals surface area contributed by atoms with Crippen molar-refractivity contribution >= 4 is 27.5 Å². The average Bonchev–Trinajstić information content (AvgIpc) is 2.75. The zero-order valence-corrected chi connectivity index (χ0v) is 20.3. The van der Waals surface area contributed by atoms with E-state index in [0.717, 1.165) is 30.5 Å². The number of carbonyl (C=O) groups is 2. The van der Waals surface area contributed by atoms with Gasteiger partial charge in [0.25, 0.3) is 0 Å². The van der Waals surface area contributed by atoms with Crippen LogP contribution in [0.2, 0.25) is 0 Å². The highest BCUT2D eigenvalue weighted by Crippen LogP contribution is 2.31. The first-order valence-corrected chi connectivity index (χ1v) is 12.6. The number of piperidine rings is 1. The predicted molar refractivity (Wildman–Crippen MR) is 125 cm³/mol. The number of benzene rings is 2. The van der Waals surface area contributed by atoms with Crippen LogP contribution in [0.25, 0.3) is 0 Å².